The number of aliphatic imine (C=N–C) groups is 1. The number of nitrogens with two attached hydrogens (primary N) is 1. The summed E-state index contributed by atoms with van der Waals surface area (Å²) in [7, 11) is 0. The van der Waals surface area contributed by atoms with Crippen molar-refractivity contribution < 1.29 is 13.9 Å². The van der Waals surface area contributed by atoms with Crippen LogP contribution in [-0.2, 0) is 4.79 Å². The monoisotopic (exact) mass is 497 g/mol. The van der Waals surface area contributed by atoms with Gasteiger partial charge in [0.2, 0.25) is 0 Å². The van der Waals surface area contributed by atoms with Crippen LogP contribution in [0.1, 0.15) is 44.1 Å². The molecule has 2 aromatic carbocycles. The highest BCUT2D eigenvalue weighted by atomic mass is 32.2. The zero-order valence-electron chi connectivity index (χ0n) is 19.5. The zero-order chi connectivity index (χ0) is 24.9. The summed E-state index contributed by atoms with van der Waals surface area (Å²) in [4.78, 5) is 19.1. The fraction of sp³-hybridized carbons (Fsp3) is 0.269. The van der Waals surface area contributed by atoms with Crippen molar-refractivity contribution in [2.75, 3.05) is 0 Å². The van der Waals surface area contributed by atoms with E-state index in [1.54, 1.807) is 31.3 Å². The molecule has 8 heteroatoms. The predicted octanol–water partition coefficient (Wildman–Crippen LogP) is 6.68. The Kier molecular flexibility index (Phi) is 8.28. The topological polar surface area (TPSA) is 88.5 Å². The summed E-state index contributed by atoms with van der Waals surface area (Å²) in [6.07, 6.45) is 0.0973. The largest absolute Gasteiger partial charge is 0.491 e. The fourth-order valence-corrected chi connectivity index (χ4v) is 5.30. The molecule has 178 valence electrons. The summed E-state index contributed by atoms with van der Waals surface area (Å²) >= 11 is 2.42. The summed E-state index contributed by atoms with van der Waals surface area (Å²) in [6, 6.07) is 18.2. The Morgan fingerprint density at radius 2 is 1.88 bits per heavy atom. The van der Waals surface area contributed by atoms with E-state index in [4.69, 9.17) is 15.9 Å². The summed E-state index contributed by atoms with van der Waals surface area (Å²) in [5, 5.41) is 7.16. The number of nitrogens with zero attached hydrogens (tertiary/aromatic N) is 1. The molecule has 1 aromatic heterocycles. The Morgan fingerprint density at radius 1 is 1.18 bits per heavy atom. The normalized spacial score (nSPS) is 13.1. The molecule has 5 nitrogen and oxygen atoms in total. The lowest BCUT2D eigenvalue weighted by Gasteiger charge is -2.31. The number of hydrogen-bond donors (Lipinski definition) is 2. The first-order valence-corrected chi connectivity index (χ1v) is 12.5. The molecule has 0 aliphatic heterocycles. The van der Waals surface area contributed by atoms with E-state index in [0.29, 0.717) is 5.56 Å². The first kappa shape index (κ1) is 25.6. The molecule has 3 N–H and O–H groups in total. The van der Waals surface area contributed by atoms with E-state index in [1.165, 1.54) is 12.1 Å². The van der Waals surface area contributed by atoms with Gasteiger partial charge < -0.3 is 15.9 Å². The van der Waals surface area contributed by atoms with Crippen LogP contribution in [0.15, 0.2) is 65.7 Å². The molecule has 0 radical (unpaired) electrons. The van der Waals surface area contributed by atoms with E-state index in [0.717, 1.165) is 38.4 Å². The molecule has 0 aliphatic carbocycles. The number of carbonyl (C=O) groups is 1. The lowest BCUT2D eigenvalue weighted by Crippen LogP contribution is -2.32. The summed E-state index contributed by atoms with van der Waals surface area (Å²) in [5.74, 6) is -0.443. The summed E-state index contributed by atoms with van der Waals surface area (Å²) < 4.78 is 19.9. The molecular weight excluding hydrogens is 469 g/mol. The quantitative estimate of drug-likeness (QED) is 0.268. The minimum atomic E-state index is -1.02. The van der Waals surface area contributed by atoms with Crippen molar-refractivity contribution in [3.63, 3.8) is 0 Å². The van der Waals surface area contributed by atoms with Crippen molar-refractivity contribution in [3.05, 3.63) is 76.9 Å². The van der Waals surface area contributed by atoms with Crippen LogP contribution in [0.2, 0.25) is 0 Å². The van der Waals surface area contributed by atoms with Crippen LogP contribution >= 0.6 is 23.1 Å². The van der Waals surface area contributed by atoms with Gasteiger partial charge in [-0.1, -0.05) is 12.1 Å². The first-order valence-electron chi connectivity index (χ1n) is 10.8. The molecule has 0 saturated carbocycles. The average Bonchev–Trinajstić information content (AvgIpc) is 3.23. The summed E-state index contributed by atoms with van der Waals surface area (Å²) in [6.45, 7) is 7.54. The molecule has 0 aliphatic rings. The second kappa shape index (κ2) is 11.0. The van der Waals surface area contributed by atoms with Gasteiger partial charge in [-0.05, 0) is 99.1 Å². The zero-order valence-corrected chi connectivity index (χ0v) is 21.2. The number of benzene rings is 2. The summed E-state index contributed by atoms with van der Waals surface area (Å²) in [5.41, 5.74) is 7.49. The number of halogens is 1. The van der Waals surface area contributed by atoms with E-state index in [9.17, 15) is 9.18 Å². The molecule has 1 amide bonds. The van der Waals surface area contributed by atoms with Gasteiger partial charge >= 0.3 is 0 Å². The van der Waals surface area contributed by atoms with Crippen molar-refractivity contribution >= 4 is 39.7 Å². The molecule has 1 unspecified atom stereocenters. The van der Waals surface area contributed by atoms with Crippen LogP contribution < -0.4 is 10.5 Å². The van der Waals surface area contributed by atoms with Crippen LogP contribution in [0.4, 0.5) is 4.39 Å². The Bertz CT molecular complexity index is 1190. The number of amidine groups is 1. The molecule has 3 rings (SSSR count). The maximum atomic E-state index is 14.2. The van der Waals surface area contributed by atoms with E-state index < -0.39 is 17.2 Å². The van der Waals surface area contributed by atoms with Crippen LogP contribution in [-0.4, -0.2) is 22.7 Å². The van der Waals surface area contributed by atoms with Gasteiger partial charge in [-0.3, -0.25) is 4.79 Å². The SMILES string of the molecule is CC(C)Oc1ccc(-c2ccc(C(c3cccc(F)c3)C(C)(C)C(=O)N=C(N)SC=N)s2)cc1. The number of nitrogens with one attached hydrogen (secondary N) is 1. The van der Waals surface area contributed by atoms with Crippen molar-refractivity contribution in [3.8, 4) is 16.2 Å². The van der Waals surface area contributed by atoms with Gasteiger partial charge in [-0.25, -0.2) is 4.39 Å². The standard InChI is InChI=1S/C26H28FN3O2S2/c1-16(2)32-20-10-8-17(9-11-20)21-12-13-22(34-21)23(18-6-5-7-19(27)14-18)26(3,4)24(31)30-25(29)33-15-28/h5-16,23,28H,1-4H3,(H2,29,30,31). The third kappa shape index (κ3) is 6.12. The molecule has 0 saturated heterocycles. The van der Waals surface area contributed by atoms with E-state index in [-0.39, 0.29) is 17.1 Å². The van der Waals surface area contributed by atoms with Crippen LogP contribution in [0.25, 0.3) is 10.4 Å². The maximum Gasteiger partial charge on any atom is 0.254 e. The third-order valence-corrected chi connectivity index (χ3v) is 6.92. The molecule has 34 heavy (non-hydrogen) atoms. The van der Waals surface area contributed by atoms with Crippen molar-refractivity contribution in [2.45, 2.75) is 39.7 Å². The number of rotatable bonds is 8. The Balaban J connectivity index is 2.01. The molecule has 1 heterocycles. The highest BCUT2D eigenvalue weighted by Crippen LogP contribution is 2.46. The molecule has 0 fully saturated rings. The minimum absolute atomic E-state index is 0.00152. The van der Waals surface area contributed by atoms with Gasteiger partial charge in [-0.2, -0.15) is 4.99 Å². The van der Waals surface area contributed by atoms with Gasteiger partial charge in [0.25, 0.3) is 5.91 Å². The molecule has 0 spiro atoms. The first-order chi connectivity index (χ1) is 16.1. The van der Waals surface area contributed by atoms with Crippen molar-refractivity contribution in [1.82, 2.24) is 0 Å². The number of thiophene rings is 1. The highest BCUT2D eigenvalue weighted by molar-refractivity contribution is 8.24. The molecule has 0 bridgehead atoms. The van der Waals surface area contributed by atoms with Gasteiger partial charge in [0.1, 0.15) is 11.6 Å². The Hall–Kier alpha value is -2.97. The second-order valence-corrected chi connectivity index (χ2v) is 10.6. The van der Waals surface area contributed by atoms with Crippen molar-refractivity contribution in [2.24, 2.45) is 16.1 Å². The third-order valence-electron chi connectivity index (χ3n) is 5.27. The Labute approximate surface area is 207 Å². The number of ether oxygens (including phenoxy) is 1. The average molecular weight is 498 g/mol. The van der Waals surface area contributed by atoms with Gasteiger partial charge in [0.05, 0.1) is 17.1 Å². The molecular formula is C26H28FN3O2S2. The second-order valence-electron chi connectivity index (χ2n) is 8.59. The van der Waals surface area contributed by atoms with E-state index in [1.807, 2.05) is 56.3 Å². The van der Waals surface area contributed by atoms with Crippen LogP contribution in [0.3, 0.4) is 0 Å². The van der Waals surface area contributed by atoms with Crippen LogP contribution in [0.5, 0.6) is 5.75 Å². The number of thioether (sulfide) groups is 1. The van der Waals surface area contributed by atoms with Gasteiger partial charge in [0, 0.05) is 15.7 Å². The molecule has 1 atom stereocenters. The van der Waals surface area contributed by atoms with E-state index in [2.05, 4.69) is 4.99 Å². The number of amides is 1. The smallest absolute Gasteiger partial charge is 0.254 e. The highest BCUT2D eigenvalue weighted by Gasteiger charge is 2.40. The number of hydrogen-bond acceptors (Lipinski definition) is 5. The van der Waals surface area contributed by atoms with Gasteiger partial charge in [-0.15, -0.1) is 11.3 Å². The van der Waals surface area contributed by atoms with Crippen molar-refractivity contribution in [1.29, 1.82) is 5.41 Å². The van der Waals surface area contributed by atoms with Crippen LogP contribution in [0, 0.1) is 16.6 Å². The number of carbonyl (C=O) groups excluding carboxylic acids is 1. The van der Waals surface area contributed by atoms with Gasteiger partial charge in [0.15, 0.2) is 5.17 Å². The molecule has 3 aromatic rings. The predicted molar refractivity (Wildman–Crippen MR) is 141 cm³/mol. The lowest BCUT2D eigenvalue weighted by atomic mass is 9.73. The minimum Gasteiger partial charge on any atom is -0.491 e. The lowest BCUT2D eigenvalue weighted by molar-refractivity contribution is -0.126. The van der Waals surface area contributed by atoms with E-state index >= 15 is 0 Å². The fourth-order valence-electron chi connectivity index (χ4n) is 3.71. The Morgan fingerprint density at radius 3 is 2.50 bits per heavy atom. The maximum absolute atomic E-state index is 14.2.